The van der Waals surface area contributed by atoms with Crippen molar-refractivity contribution in [2.24, 2.45) is 0 Å². The maximum Gasteiger partial charge on any atom is 0.255 e. The van der Waals surface area contributed by atoms with Gasteiger partial charge in [-0.15, -0.1) is 0 Å². The lowest BCUT2D eigenvalue weighted by molar-refractivity contribution is -0.115. The molecule has 2 heterocycles. The maximum absolute atomic E-state index is 12.7. The number of nitrogens with zero attached hydrogens (tertiary/aromatic N) is 2. The SMILES string of the molecule is Cc1ccc(C2=CC(=Cc3cn(-c4ccccc4)nc3-c3ccccc3)C(=O)N2)cc1. The lowest BCUT2D eigenvalue weighted by atomic mass is 10.1. The number of para-hydroxylation sites is 1. The number of hydrogen-bond donors (Lipinski definition) is 1. The van der Waals surface area contributed by atoms with Gasteiger partial charge in [-0.1, -0.05) is 78.4 Å². The molecule has 0 fully saturated rings. The average molecular weight is 403 g/mol. The number of aromatic nitrogens is 2. The molecule has 0 saturated carbocycles. The van der Waals surface area contributed by atoms with Crippen LogP contribution in [0.15, 0.2) is 103 Å². The van der Waals surface area contributed by atoms with Crippen molar-refractivity contribution >= 4 is 17.7 Å². The molecular formula is C27H21N3O. The molecule has 150 valence electrons. The summed E-state index contributed by atoms with van der Waals surface area (Å²) >= 11 is 0. The van der Waals surface area contributed by atoms with Gasteiger partial charge < -0.3 is 5.32 Å². The monoisotopic (exact) mass is 403 g/mol. The fourth-order valence-corrected chi connectivity index (χ4v) is 3.64. The maximum atomic E-state index is 12.7. The first-order chi connectivity index (χ1) is 15.2. The molecule has 31 heavy (non-hydrogen) atoms. The van der Waals surface area contributed by atoms with Crippen molar-refractivity contribution in [3.8, 4) is 16.9 Å². The van der Waals surface area contributed by atoms with E-state index in [9.17, 15) is 4.79 Å². The number of aryl methyl sites for hydroxylation is 1. The molecule has 4 nitrogen and oxygen atoms in total. The van der Waals surface area contributed by atoms with Gasteiger partial charge in [-0.05, 0) is 36.8 Å². The Balaban J connectivity index is 1.59. The standard InChI is InChI=1S/C27H21N3O/c1-19-12-14-20(15-13-19)25-17-22(27(31)28-25)16-23-18-30(24-10-6-3-7-11-24)29-26(23)21-8-4-2-5-9-21/h2-18H,1H3,(H,28,31). The molecule has 1 aromatic heterocycles. The van der Waals surface area contributed by atoms with Crippen LogP contribution in [0.2, 0.25) is 0 Å². The molecule has 1 amide bonds. The molecule has 4 aromatic rings. The highest BCUT2D eigenvalue weighted by molar-refractivity contribution is 6.11. The van der Waals surface area contributed by atoms with E-state index in [4.69, 9.17) is 5.10 Å². The lowest BCUT2D eigenvalue weighted by Gasteiger charge is -2.02. The number of hydrogen-bond acceptors (Lipinski definition) is 2. The van der Waals surface area contributed by atoms with Crippen LogP contribution in [0.5, 0.6) is 0 Å². The summed E-state index contributed by atoms with van der Waals surface area (Å²) in [5.41, 5.74) is 7.30. The zero-order valence-corrected chi connectivity index (χ0v) is 17.1. The van der Waals surface area contributed by atoms with Crippen molar-refractivity contribution in [3.05, 3.63) is 119 Å². The van der Waals surface area contributed by atoms with Crippen molar-refractivity contribution < 1.29 is 4.79 Å². The minimum absolute atomic E-state index is 0.109. The first-order valence-corrected chi connectivity index (χ1v) is 10.2. The molecular weight excluding hydrogens is 382 g/mol. The summed E-state index contributed by atoms with van der Waals surface area (Å²) in [4.78, 5) is 12.7. The van der Waals surface area contributed by atoms with Gasteiger partial charge in [0.15, 0.2) is 0 Å². The van der Waals surface area contributed by atoms with Crippen LogP contribution in [-0.4, -0.2) is 15.7 Å². The molecule has 0 saturated heterocycles. The van der Waals surface area contributed by atoms with Crippen LogP contribution in [0, 0.1) is 6.92 Å². The van der Waals surface area contributed by atoms with Gasteiger partial charge in [0, 0.05) is 28.6 Å². The third-order valence-electron chi connectivity index (χ3n) is 5.29. The lowest BCUT2D eigenvalue weighted by Crippen LogP contribution is -2.15. The van der Waals surface area contributed by atoms with Gasteiger partial charge >= 0.3 is 0 Å². The zero-order valence-electron chi connectivity index (χ0n) is 17.1. The van der Waals surface area contributed by atoms with Crippen molar-refractivity contribution in [2.45, 2.75) is 6.92 Å². The van der Waals surface area contributed by atoms with Gasteiger partial charge in [-0.25, -0.2) is 4.68 Å². The van der Waals surface area contributed by atoms with E-state index in [1.165, 1.54) is 5.56 Å². The minimum atomic E-state index is -0.109. The van der Waals surface area contributed by atoms with Gasteiger partial charge in [-0.2, -0.15) is 5.10 Å². The Kier molecular flexibility index (Phi) is 4.81. The highest BCUT2D eigenvalue weighted by Gasteiger charge is 2.20. The fourth-order valence-electron chi connectivity index (χ4n) is 3.64. The van der Waals surface area contributed by atoms with Crippen LogP contribution < -0.4 is 5.32 Å². The minimum Gasteiger partial charge on any atom is -0.321 e. The van der Waals surface area contributed by atoms with Crippen LogP contribution in [0.3, 0.4) is 0 Å². The molecule has 0 atom stereocenters. The van der Waals surface area contributed by atoms with Crippen molar-refractivity contribution in [3.63, 3.8) is 0 Å². The molecule has 0 unspecified atom stereocenters. The van der Waals surface area contributed by atoms with Gasteiger partial charge in [-0.3, -0.25) is 4.79 Å². The summed E-state index contributed by atoms with van der Waals surface area (Å²) < 4.78 is 1.85. The van der Waals surface area contributed by atoms with E-state index in [0.717, 1.165) is 33.8 Å². The number of rotatable bonds is 4. The van der Waals surface area contributed by atoms with Gasteiger partial charge in [0.25, 0.3) is 5.91 Å². The molecule has 5 rings (SSSR count). The second-order valence-corrected chi connectivity index (χ2v) is 7.56. The third-order valence-corrected chi connectivity index (χ3v) is 5.29. The van der Waals surface area contributed by atoms with Gasteiger partial charge in [0.05, 0.1) is 11.4 Å². The number of benzene rings is 3. The van der Waals surface area contributed by atoms with E-state index in [2.05, 4.69) is 5.32 Å². The topological polar surface area (TPSA) is 46.9 Å². The summed E-state index contributed by atoms with van der Waals surface area (Å²) in [7, 11) is 0. The van der Waals surface area contributed by atoms with E-state index < -0.39 is 0 Å². The van der Waals surface area contributed by atoms with E-state index >= 15 is 0 Å². The summed E-state index contributed by atoms with van der Waals surface area (Å²) in [5.74, 6) is -0.109. The Morgan fingerprint density at radius 2 is 1.52 bits per heavy atom. The van der Waals surface area contributed by atoms with Gasteiger partial charge in [0.2, 0.25) is 0 Å². The van der Waals surface area contributed by atoms with E-state index in [0.29, 0.717) is 5.57 Å². The van der Waals surface area contributed by atoms with Crippen LogP contribution in [0.25, 0.3) is 28.7 Å². The molecule has 0 bridgehead atoms. The van der Waals surface area contributed by atoms with Crippen LogP contribution >= 0.6 is 0 Å². The molecule has 3 aromatic carbocycles. The average Bonchev–Trinajstić information content (AvgIpc) is 3.40. The van der Waals surface area contributed by atoms with Crippen molar-refractivity contribution in [1.29, 1.82) is 0 Å². The normalized spacial score (nSPS) is 14.5. The number of carbonyl (C=O) groups is 1. The van der Waals surface area contributed by atoms with Gasteiger partial charge in [0.1, 0.15) is 0 Å². The summed E-state index contributed by atoms with van der Waals surface area (Å²) in [6.45, 7) is 2.05. The van der Waals surface area contributed by atoms with Crippen molar-refractivity contribution in [1.82, 2.24) is 15.1 Å². The summed E-state index contributed by atoms with van der Waals surface area (Å²) in [6.07, 6.45) is 5.78. The predicted molar refractivity (Wildman–Crippen MR) is 124 cm³/mol. The first kappa shape index (κ1) is 18.8. The van der Waals surface area contributed by atoms with Crippen molar-refractivity contribution in [2.75, 3.05) is 0 Å². The Bertz CT molecular complexity index is 1300. The molecule has 0 aliphatic carbocycles. The first-order valence-electron chi connectivity index (χ1n) is 10.2. The van der Waals surface area contributed by atoms with Crippen LogP contribution in [0.1, 0.15) is 16.7 Å². The Labute approximate surface area is 181 Å². The molecule has 1 aliphatic heterocycles. The Morgan fingerprint density at radius 3 is 2.23 bits per heavy atom. The van der Waals surface area contributed by atoms with E-state index in [-0.39, 0.29) is 5.91 Å². The quantitative estimate of drug-likeness (QED) is 0.464. The molecule has 0 spiro atoms. The van der Waals surface area contributed by atoms with E-state index in [1.807, 2.05) is 115 Å². The largest absolute Gasteiger partial charge is 0.321 e. The predicted octanol–water partition coefficient (Wildman–Crippen LogP) is 5.40. The Morgan fingerprint density at radius 1 is 0.839 bits per heavy atom. The molecule has 1 N–H and O–H groups in total. The fraction of sp³-hybridized carbons (Fsp3) is 0.0370. The summed E-state index contributed by atoms with van der Waals surface area (Å²) in [6, 6.07) is 28.1. The van der Waals surface area contributed by atoms with E-state index in [1.54, 1.807) is 0 Å². The zero-order chi connectivity index (χ0) is 21.2. The second-order valence-electron chi connectivity index (χ2n) is 7.56. The Hall–Kier alpha value is -4.18. The third kappa shape index (κ3) is 3.83. The van der Waals surface area contributed by atoms with Crippen LogP contribution in [-0.2, 0) is 4.79 Å². The van der Waals surface area contributed by atoms with Crippen LogP contribution in [0.4, 0.5) is 0 Å². The highest BCUT2D eigenvalue weighted by Crippen LogP contribution is 2.28. The summed E-state index contributed by atoms with van der Waals surface area (Å²) in [5, 5.41) is 7.81. The number of nitrogens with one attached hydrogen (secondary N) is 1. The molecule has 1 aliphatic rings. The number of carbonyl (C=O) groups excluding carboxylic acids is 1. The second kappa shape index (κ2) is 7.92. The highest BCUT2D eigenvalue weighted by atomic mass is 16.1. The molecule has 4 heteroatoms. The smallest absolute Gasteiger partial charge is 0.255 e. The number of amides is 1. The molecule has 0 radical (unpaired) electrons.